The minimum atomic E-state index is -0.568. The molecule has 0 saturated carbocycles. The summed E-state index contributed by atoms with van der Waals surface area (Å²) in [5, 5.41) is 0. The van der Waals surface area contributed by atoms with E-state index in [1.807, 2.05) is 0 Å². The topological polar surface area (TPSA) is 85.5 Å². The van der Waals surface area contributed by atoms with E-state index in [0.717, 1.165) is 0 Å². The fraction of sp³-hybridized carbons (Fsp3) is 0.417. The van der Waals surface area contributed by atoms with Crippen molar-refractivity contribution < 1.29 is 23.9 Å². The van der Waals surface area contributed by atoms with Gasteiger partial charge in [0.15, 0.2) is 6.29 Å². The number of nitrogens with one attached hydrogen (secondary N) is 1. The Morgan fingerprint density at radius 2 is 1.94 bits per heavy atom. The lowest BCUT2D eigenvalue weighted by Crippen LogP contribution is -2.13. The van der Waals surface area contributed by atoms with Crippen LogP contribution in [0.2, 0.25) is 0 Å². The summed E-state index contributed by atoms with van der Waals surface area (Å²) in [6.45, 7) is 3.83. The summed E-state index contributed by atoms with van der Waals surface area (Å²) in [5.41, 5.74) is 0.681. The second kappa shape index (κ2) is 6.58. The van der Waals surface area contributed by atoms with Crippen LogP contribution >= 0.6 is 0 Å². The molecule has 0 aromatic carbocycles. The van der Waals surface area contributed by atoms with Crippen molar-refractivity contribution in [3.8, 4) is 0 Å². The number of aldehydes is 1. The molecule has 6 nitrogen and oxygen atoms in total. The van der Waals surface area contributed by atoms with E-state index in [1.165, 1.54) is 6.20 Å². The van der Waals surface area contributed by atoms with Crippen molar-refractivity contribution in [2.45, 2.75) is 20.3 Å². The maximum Gasteiger partial charge on any atom is 0.339 e. The molecule has 0 unspecified atom stereocenters. The van der Waals surface area contributed by atoms with E-state index in [1.54, 1.807) is 13.8 Å². The van der Waals surface area contributed by atoms with Gasteiger partial charge < -0.3 is 14.5 Å². The average molecular weight is 253 g/mol. The monoisotopic (exact) mass is 253 g/mol. The highest BCUT2D eigenvalue weighted by Crippen LogP contribution is 2.15. The Labute approximate surface area is 104 Å². The summed E-state index contributed by atoms with van der Waals surface area (Å²) >= 11 is 0. The van der Waals surface area contributed by atoms with Gasteiger partial charge in [0, 0.05) is 11.8 Å². The number of rotatable bonds is 6. The van der Waals surface area contributed by atoms with E-state index in [4.69, 9.17) is 9.47 Å². The highest BCUT2D eigenvalue weighted by Gasteiger charge is 2.20. The first-order chi connectivity index (χ1) is 8.63. The molecular weight excluding hydrogens is 238 g/mol. The Balaban J connectivity index is 2.98. The lowest BCUT2D eigenvalue weighted by Gasteiger charge is -2.04. The van der Waals surface area contributed by atoms with Crippen molar-refractivity contribution in [1.29, 1.82) is 0 Å². The van der Waals surface area contributed by atoms with E-state index in [0.29, 0.717) is 11.8 Å². The Morgan fingerprint density at radius 1 is 1.28 bits per heavy atom. The number of aromatic amines is 1. The molecular formula is C12H15NO5. The minimum absolute atomic E-state index is 0.139. The first kappa shape index (κ1) is 14.0. The Kier molecular flexibility index (Phi) is 5.10. The molecule has 1 aromatic heterocycles. The van der Waals surface area contributed by atoms with Gasteiger partial charge in [0.05, 0.1) is 30.9 Å². The van der Waals surface area contributed by atoms with E-state index < -0.39 is 11.9 Å². The molecule has 0 bridgehead atoms. The molecule has 0 aliphatic carbocycles. The van der Waals surface area contributed by atoms with E-state index >= 15 is 0 Å². The van der Waals surface area contributed by atoms with Gasteiger partial charge in [-0.1, -0.05) is 0 Å². The third kappa shape index (κ3) is 3.19. The van der Waals surface area contributed by atoms with Gasteiger partial charge in [-0.2, -0.15) is 0 Å². The number of carbonyl (C=O) groups excluding carboxylic acids is 3. The number of ether oxygens (including phenoxy) is 2. The van der Waals surface area contributed by atoms with Crippen LogP contribution in [0.5, 0.6) is 0 Å². The van der Waals surface area contributed by atoms with E-state index in [9.17, 15) is 14.4 Å². The Hall–Kier alpha value is -2.11. The number of esters is 2. The smallest absolute Gasteiger partial charge is 0.339 e. The average Bonchev–Trinajstić information content (AvgIpc) is 2.72. The third-order valence-corrected chi connectivity index (χ3v) is 2.26. The predicted molar refractivity (Wildman–Crippen MR) is 62.5 cm³/mol. The standard InChI is InChI=1S/C12H15NO5/c1-3-17-11(15)5-8-9(12(16)18-4-2)6-13-10(8)7-14/h6-7,13H,3-5H2,1-2H3. The molecule has 0 spiro atoms. The first-order valence-corrected chi connectivity index (χ1v) is 5.62. The lowest BCUT2D eigenvalue weighted by molar-refractivity contribution is -0.142. The summed E-state index contributed by atoms with van der Waals surface area (Å²) in [6.07, 6.45) is 1.77. The minimum Gasteiger partial charge on any atom is -0.466 e. The van der Waals surface area contributed by atoms with Crippen LogP contribution in [0.15, 0.2) is 6.20 Å². The quantitative estimate of drug-likeness (QED) is 0.606. The zero-order valence-corrected chi connectivity index (χ0v) is 10.3. The zero-order valence-electron chi connectivity index (χ0n) is 10.3. The van der Waals surface area contributed by atoms with E-state index in [2.05, 4.69) is 4.98 Å². The second-order valence-electron chi connectivity index (χ2n) is 3.41. The highest BCUT2D eigenvalue weighted by atomic mass is 16.5. The molecule has 1 rings (SSSR count). The van der Waals surface area contributed by atoms with Gasteiger partial charge in [-0.25, -0.2) is 4.79 Å². The van der Waals surface area contributed by atoms with Crippen molar-refractivity contribution in [2.75, 3.05) is 13.2 Å². The van der Waals surface area contributed by atoms with Crippen LogP contribution in [0.25, 0.3) is 0 Å². The van der Waals surface area contributed by atoms with Crippen LogP contribution < -0.4 is 0 Å². The van der Waals surface area contributed by atoms with Crippen LogP contribution in [-0.2, 0) is 20.7 Å². The van der Waals surface area contributed by atoms with Gasteiger partial charge >= 0.3 is 11.9 Å². The molecule has 1 N–H and O–H groups in total. The summed E-state index contributed by atoms with van der Waals surface area (Å²) in [5.74, 6) is -1.06. The largest absolute Gasteiger partial charge is 0.466 e. The summed E-state index contributed by atoms with van der Waals surface area (Å²) < 4.78 is 9.63. The number of carbonyl (C=O) groups is 3. The van der Waals surface area contributed by atoms with Gasteiger partial charge in [0.25, 0.3) is 0 Å². The van der Waals surface area contributed by atoms with Crippen LogP contribution in [0.3, 0.4) is 0 Å². The molecule has 0 saturated heterocycles. The van der Waals surface area contributed by atoms with Gasteiger partial charge in [0.1, 0.15) is 0 Å². The molecule has 0 amide bonds. The van der Waals surface area contributed by atoms with Crippen LogP contribution in [0.1, 0.15) is 40.3 Å². The molecule has 1 heterocycles. The third-order valence-electron chi connectivity index (χ3n) is 2.26. The Morgan fingerprint density at radius 3 is 2.50 bits per heavy atom. The van der Waals surface area contributed by atoms with Gasteiger partial charge in [0.2, 0.25) is 0 Å². The first-order valence-electron chi connectivity index (χ1n) is 5.62. The van der Waals surface area contributed by atoms with Crippen LogP contribution in [-0.4, -0.2) is 36.4 Å². The molecule has 1 aromatic rings. The van der Waals surface area contributed by atoms with Gasteiger partial charge in [-0.05, 0) is 13.8 Å². The second-order valence-corrected chi connectivity index (χ2v) is 3.41. The van der Waals surface area contributed by atoms with Crippen LogP contribution in [0, 0.1) is 0 Å². The summed E-state index contributed by atoms with van der Waals surface area (Å²) in [7, 11) is 0. The molecule has 18 heavy (non-hydrogen) atoms. The highest BCUT2D eigenvalue weighted by molar-refractivity contribution is 5.95. The SMILES string of the molecule is CCOC(=O)Cc1c(C(=O)OCC)c[nH]c1C=O. The molecule has 0 aliphatic rings. The maximum absolute atomic E-state index is 11.6. The summed E-state index contributed by atoms with van der Waals surface area (Å²) in [4.78, 5) is 36.5. The maximum atomic E-state index is 11.6. The molecule has 6 heteroatoms. The number of hydrogen-bond acceptors (Lipinski definition) is 5. The molecule has 0 radical (unpaired) electrons. The van der Waals surface area contributed by atoms with Crippen molar-refractivity contribution in [3.05, 3.63) is 23.0 Å². The number of H-pyrrole nitrogens is 1. The predicted octanol–water partition coefficient (Wildman–Crippen LogP) is 1.11. The van der Waals surface area contributed by atoms with Crippen molar-refractivity contribution >= 4 is 18.2 Å². The normalized spacial score (nSPS) is 9.89. The Bertz CT molecular complexity index is 449. The van der Waals surface area contributed by atoms with E-state index in [-0.39, 0.29) is 30.9 Å². The van der Waals surface area contributed by atoms with Crippen molar-refractivity contribution in [1.82, 2.24) is 4.98 Å². The van der Waals surface area contributed by atoms with Crippen LogP contribution in [0.4, 0.5) is 0 Å². The fourth-order valence-electron chi connectivity index (χ4n) is 1.51. The van der Waals surface area contributed by atoms with Gasteiger partial charge in [-0.3, -0.25) is 9.59 Å². The molecule has 0 atom stereocenters. The fourth-order valence-corrected chi connectivity index (χ4v) is 1.51. The van der Waals surface area contributed by atoms with Crippen molar-refractivity contribution in [3.63, 3.8) is 0 Å². The number of aromatic nitrogens is 1. The van der Waals surface area contributed by atoms with Crippen molar-refractivity contribution in [2.24, 2.45) is 0 Å². The number of hydrogen-bond donors (Lipinski definition) is 1. The summed E-state index contributed by atoms with van der Waals surface area (Å²) in [6, 6.07) is 0. The van der Waals surface area contributed by atoms with Gasteiger partial charge in [-0.15, -0.1) is 0 Å². The zero-order chi connectivity index (χ0) is 13.5. The molecule has 0 aliphatic heterocycles. The molecule has 98 valence electrons. The lowest BCUT2D eigenvalue weighted by atomic mass is 10.1. The molecule has 0 fully saturated rings.